The SMILES string of the molecule is NC(CO)C(O)c1c(Cl)cccc1Cl. The summed E-state index contributed by atoms with van der Waals surface area (Å²) in [6.45, 7) is -0.331. The van der Waals surface area contributed by atoms with Crippen LogP contribution in [0.2, 0.25) is 10.0 Å². The van der Waals surface area contributed by atoms with Crippen LogP contribution in [0.3, 0.4) is 0 Å². The lowest BCUT2D eigenvalue weighted by atomic mass is 10.0. The number of aliphatic hydroxyl groups is 2. The smallest absolute Gasteiger partial charge is 0.0992 e. The van der Waals surface area contributed by atoms with Gasteiger partial charge in [0.05, 0.1) is 18.8 Å². The molecular formula is C9H11Cl2NO2. The summed E-state index contributed by atoms with van der Waals surface area (Å²) in [5, 5.41) is 19.2. The summed E-state index contributed by atoms with van der Waals surface area (Å²) in [7, 11) is 0. The maximum atomic E-state index is 9.70. The summed E-state index contributed by atoms with van der Waals surface area (Å²) >= 11 is 11.7. The minimum absolute atomic E-state index is 0.331. The molecule has 78 valence electrons. The van der Waals surface area contributed by atoms with Gasteiger partial charge in [-0.15, -0.1) is 0 Å². The Morgan fingerprint density at radius 1 is 1.29 bits per heavy atom. The summed E-state index contributed by atoms with van der Waals surface area (Å²) in [5.41, 5.74) is 5.83. The molecule has 0 saturated carbocycles. The molecule has 0 aromatic heterocycles. The van der Waals surface area contributed by atoms with Crippen molar-refractivity contribution in [3.8, 4) is 0 Å². The Morgan fingerprint density at radius 3 is 2.21 bits per heavy atom. The predicted octanol–water partition coefficient (Wildman–Crippen LogP) is 1.35. The van der Waals surface area contributed by atoms with Crippen LogP contribution in [0.15, 0.2) is 18.2 Å². The molecule has 0 aliphatic carbocycles. The zero-order chi connectivity index (χ0) is 10.7. The Morgan fingerprint density at radius 2 is 1.79 bits per heavy atom. The van der Waals surface area contributed by atoms with E-state index < -0.39 is 12.1 Å². The first-order valence-electron chi connectivity index (χ1n) is 4.06. The van der Waals surface area contributed by atoms with E-state index in [1.165, 1.54) is 0 Å². The largest absolute Gasteiger partial charge is 0.395 e. The highest BCUT2D eigenvalue weighted by Crippen LogP contribution is 2.31. The third-order valence-electron chi connectivity index (χ3n) is 1.91. The van der Waals surface area contributed by atoms with E-state index in [0.717, 1.165) is 0 Å². The van der Waals surface area contributed by atoms with Crippen molar-refractivity contribution >= 4 is 23.2 Å². The summed E-state index contributed by atoms with van der Waals surface area (Å²) < 4.78 is 0. The second kappa shape index (κ2) is 4.96. The summed E-state index contributed by atoms with van der Waals surface area (Å²) in [5.74, 6) is 0. The molecule has 0 fully saturated rings. The van der Waals surface area contributed by atoms with Crippen LogP contribution in [-0.2, 0) is 0 Å². The molecule has 3 nitrogen and oxygen atoms in total. The van der Waals surface area contributed by atoms with E-state index in [2.05, 4.69) is 0 Å². The fourth-order valence-electron chi connectivity index (χ4n) is 1.11. The first kappa shape index (κ1) is 11.8. The van der Waals surface area contributed by atoms with Gasteiger partial charge in [-0.3, -0.25) is 0 Å². The maximum Gasteiger partial charge on any atom is 0.0992 e. The predicted molar refractivity (Wildman–Crippen MR) is 56.5 cm³/mol. The first-order chi connectivity index (χ1) is 6.57. The van der Waals surface area contributed by atoms with E-state index in [4.69, 9.17) is 34.0 Å². The van der Waals surface area contributed by atoms with Crippen LogP contribution in [0.25, 0.3) is 0 Å². The zero-order valence-electron chi connectivity index (χ0n) is 7.32. The van der Waals surface area contributed by atoms with Crippen LogP contribution in [-0.4, -0.2) is 22.9 Å². The van der Waals surface area contributed by atoms with Gasteiger partial charge in [-0.2, -0.15) is 0 Å². The average Bonchev–Trinajstić information content (AvgIpc) is 2.16. The van der Waals surface area contributed by atoms with Crippen molar-refractivity contribution in [3.05, 3.63) is 33.8 Å². The van der Waals surface area contributed by atoms with E-state index in [1.807, 2.05) is 0 Å². The number of hydrogen-bond acceptors (Lipinski definition) is 3. The molecule has 2 atom stereocenters. The first-order valence-corrected chi connectivity index (χ1v) is 4.82. The summed E-state index contributed by atoms with van der Waals surface area (Å²) in [6.07, 6.45) is -1.05. The highest BCUT2D eigenvalue weighted by Gasteiger charge is 2.21. The molecule has 1 rings (SSSR count). The maximum absolute atomic E-state index is 9.70. The van der Waals surface area contributed by atoms with E-state index in [9.17, 15) is 5.11 Å². The molecular weight excluding hydrogens is 225 g/mol. The van der Waals surface area contributed by atoms with Crippen molar-refractivity contribution in [3.63, 3.8) is 0 Å². The van der Waals surface area contributed by atoms with Crippen molar-refractivity contribution in [1.82, 2.24) is 0 Å². The number of nitrogens with two attached hydrogens (primary N) is 1. The van der Waals surface area contributed by atoms with Crippen LogP contribution in [0.1, 0.15) is 11.7 Å². The highest BCUT2D eigenvalue weighted by molar-refractivity contribution is 6.36. The molecule has 5 heteroatoms. The number of benzene rings is 1. The number of rotatable bonds is 3. The van der Waals surface area contributed by atoms with Crippen molar-refractivity contribution in [2.75, 3.05) is 6.61 Å². The minimum atomic E-state index is -1.05. The van der Waals surface area contributed by atoms with Gasteiger partial charge in [-0.25, -0.2) is 0 Å². The third kappa shape index (κ3) is 2.38. The average molecular weight is 236 g/mol. The molecule has 2 unspecified atom stereocenters. The van der Waals surface area contributed by atoms with Crippen LogP contribution < -0.4 is 5.73 Å². The highest BCUT2D eigenvalue weighted by atomic mass is 35.5. The molecule has 0 heterocycles. The van der Waals surface area contributed by atoms with Gasteiger partial charge in [0.15, 0.2) is 0 Å². The lowest BCUT2D eigenvalue weighted by Gasteiger charge is -2.19. The second-order valence-corrected chi connectivity index (χ2v) is 3.74. The van der Waals surface area contributed by atoms with Gasteiger partial charge in [0.2, 0.25) is 0 Å². The van der Waals surface area contributed by atoms with Gasteiger partial charge in [0.25, 0.3) is 0 Å². The normalized spacial score (nSPS) is 15.2. The second-order valence-electron chi connectivity index (χ2n) is 2.93. The lowest BCUT2D eigenvalue weighted by Crippen LogP contribution is -2.32. The summed E-state index contributed by atoms with van der Waals surface area (Å²) in [4.78, 5) is 0. The number of aliphatic hydroxyl groups excluding tert-OH is 2. The Kier molecular flexibility index (Phi) is 4.16. The van der Waals surface area contributed by atoms with Crippen molar-refractivity contribution in [2.45, 2.75) is 12.1 Å². The Hall–Kier alpha value is -0.320. The van der Waals surface area contributed by atoms with Crippen molar-refractivity contribution in [1.29, 1.82) is 0 Å². The van der Waals surface area contributed by atoms with Gasteiger partial charge in [0, 0.05) is 15.6 Å². The quantitative estimate of drug-likeness (QED) is 0.742. The van der Waals surface area contributed by atoms with E-state index in [0.29, 0.717) is 15.6 Å². The standard InChI is InChI=1S/C9H11Cl2NO2/c10-5-2-1-3-6(11)8(5)9(14)7(12)4-13/h1-3,7,9,13-14H,4,12H2. The number of hydrogen-bond donors (Lipinski definition) is 3. The van der Waals surface area contributed by atoms with E-state index in [1.54, 1.807) is 18.2 Å². The van der Waals surface area contributed by atoms with Crippen LogP contribution in [0.4, 0.5) is 0 Å². The Labute approximate surface area is 92.1 Å². The molecule has 1 aromatic rings. The van der Waals surface area contributed by atoms with E-state index in [-0.39, 0.29) is 6.61 Å². The molecule has 0 amide bonds. The van der Waals surface area contributed by atoms with Gasteiger partial charge in [0.1, 0.15) is 0 Å². The number of halogens is 2. The third-order valence-corrected chi connectivity index (χ3v) is 2.57. The van der Waals surface area contributed by atoms with Crippen LogP contribution >= 0.6 is 23.2 Å². The molecule has 0 aliphatic rings. The topological polar surface area (TPSA) is 66.5 Å². The van der Waals surface area contributed by atoms with Gasteiger partial charge in [-0.05, 0) is 12.1 Å². The minimum Gasteiger partial charge on any atom is -0.395 e. The fourth-order valence-corrected chi connectivity index (χ4v) is 1.73. The Bertz CT molecular complexity index is 299. The van der Waals surface area contributed by atoms with E-state index >= 15 is 0 Å². The molecule has 0 radical (unpaired) electrons. The molecule has 1 aromatic carbocycles. The molecule has 14 heavy (non-hydrogen) atoms. The zero-order valence-corrected chi connectivity index (χ0v) is 8.83. The monoisotopic (exact) mass is 235 g/mol. The van der Waals surface area contributed by atoms with Crippen LogP contribution in [0, 0.1) is 0 Å². The molecule has 0 saturated heterocycles. The van der Waals surface area contributed by atoms with Crippen molar-refractivity contribution < 1.29 is 10.2 Å². The van der Waals surface area contributed by atoms with Gasteiger partial charge < -0.3 is 15.9 Å². The van der Waals surface area contributed by atoms with Gasteiger partial charge in [-0.1, -0.05) is 29.3 Å². The molecule has 4 N–H and O–H groups in total. The molecule has 0 bridgehead atoms. The fraction of sp³-hybridized carbons (Fsp3) is 0.333. The van der Waals surface area contributed by atoms with Gasteiger partial charge >= 0.3 is 0 Å². The lowest BCUT2D eigenvalue weighted by molar-refractivity contribution is 0.109. The van der Waals surface area contributed by atoms with Crippen molar-refractivity contribution in [2.24, 2.45) is 5.73 Å². The molecule has 0 spiro atoms. The Balaban J connectivity index is 3.05. The summed E-state index contributed by atoms with van der Waals surface area (Å²) in [6, 6.07) is 4.10. The molecule has 0 aliphatic heterocycles. The van der Waals surface area contributed by atoms with Crippen LogP contribution in [0.5, 0.6) is 0 Å².